The molecule has 0 amide bonds. The van der Waals surface area contributed by atoms with Crippen molar-refractivity contribution in [2.75, 3.05) is 0 Å². The molecule has 0 saturated heterocycles. The zero-order valence-corrected chi connectivity index (χ0v) is 9.70. The van der Waals surface area contributed by atoms with Crippen molar-refractivity contribution in [1.29, 1.82) is 0 Å². The van der Waals surface area contributed by atoms with Gasteiger partial charge in [0.2, 0.25) is 0 Å². The number of benzene rings is 1. The number of rotatable bonds is 0. The molecular formula is C8H3Br2ClO. The molecule has 0 aliphatic heterocycles. The fourth-order valence-electron chi connectivity index (χ4n) is 1.03. The maximum absolute atomic E-state index is 5.83. The van der Waals surface area contributed by atoms with Gasteiger partial charge in [0.25, 0.3) is 0 Å². The lowest BCUT2D eigenvalue weighted by Crippen LogP contribution is -1.67. The summed E-state index contributed by atoms with van der Waals surface area (Å²) < 4.78 is 6.98. The van der Waals surface area contributed by atoms with Crippen LogP contribution in [0.4, 0.5) is 0 Å². The summed E-state index contributed by atoms with van der Waals surface area (Å²) in [4.78, 5) is 0. The zero-order valence-electron chi connectivity index (χ0n) is 5.77. The van der Waals surface area contributed by atoms with Gasteiger partial charge in [0.15, 0.2) is 4.67 Å². The van der Waals surface area contributed by atoms with Crippen LogP contribution in [-0.4, -0.2) is 0 Å². The first-order valence-electron chi connectivity index (χ1n) is 3.21. The molecule has 1 aromatic heterocycles. The number of hydrogen-bond acceptors (Lipinski definition) is 1. The van der Waals surface area contributed by atoms with Gasteiger partial charge in [0, 0.05) is 27.0 Å². The Morgan fingerprint density at radius 3 is 2.67 bits per heavy atom. The van der Waals surface area contributed by atoms with Gasteiger partial charge in [0.1, 0.15) is 5.58 Å². The van der Waals surface area contributed by atoms with Crippen molar-refractivity contribution in [2.45, 2.75) is 0 Å². The summed E-state index contributed by atoms with van der Waals surface area (Å²) in [5, 5.41) is 1.68. The molecule has 0 N–H and O–H groups in total. The monoisotopic (exact) mass is 308 g/mol. The molecule has 0 atom stereocenters. The second-order valence-electron chi connectivity index (χ2n) is 2.35. The Morgan fingerprint density at radius 2 is 1.92 bits per heavy atom. The number of furan rings is 1. The van der Waals surface area contributed by atoms with E-state index < -0.39 is 0 Å². The van der Waals surface area contributed by atoms with Crippen LogP contribution in [0.1, 0.15) is 0 Å². The van der Waals surface area contributed by atoms with Crippen molar-refractivity contribution >= 4 is 54.4 Å². The van der Waals surface area contributed by atoms with Crippen LogP contribution >= 0.6 is 43.5 Å². The van der Waals surface area contributed by atoms with Gasteiger partial charge in [-0.15, -0.1) is 0 Å². The first kappa shape index (κ1) is 8.60. The maximum atomic E-state index is 5.83. The van der Waals surface area contributed by atoms with Crippen LogP contribution in [0.3, 0.4) is 0 Å². The van der Waals surface area contributed by atoms with Gasteiger partial charge in [-0.05, 0) is 37.9 Å². The summed E-state index contributed by atoms with van der Waals surface area (Å²) in [6, 6.07) is 5.52. The Kier molecular flexibility index (Phi) is 2.19. The fraction of sp³-hybridized carbons (Fsp3) is 0. The molecule has 1 aromatic carbocycles. The van der Waals surface area contributed by atoms with E-state index in [1.165, 1.54) is 0 Å². The van der Waals surface area contributed by atoms with E-state index in [0.717, 1.165) is 15.4 Å². The standard InChI is InChI=1S/C8H3Br2ClO/c9-6-1-4(11)2-7-5(6)3-8(10)12-7/h1-3H. The third-order valence-electron chi connectivity index (χ3n) is 1.52. The quantitative estimate of drug-likeness (QED) is 0.692. The zero-order chi connectivity index (χ0) is 8.72. The fourth-order valence-corrected chi connectivity index (χ4v) is 2.33. The number of fused-ring (bicyclic) bond motifs is 1. The van der Waals surface area contributed by atoms with Crippen LogP contribution in [0.25, 0.3) is 11.0 Å². The van der Waals surface area contributed by atoms with E-state index >= 15 is 0 Å². The molecule has 12 heavy (non-hydrogen) atoms. The van der Waals surface area contributed by atoms with Gasteiger partial charge in [-0.3, -0.25) is 0 Å². The number of hydrogen-bond donors (Lipinski definition) is 0. The molecule has 0 unspecified atom stereocenters. The summed E-state index contributed by atoms with van der Waals surface area (Å²) in [5.74, 6) is 0. The lowest BCUT2D eigenvalue weighted by molar-refractivity contribution is 0.587. The number of halogens is 3. The van der Waals surface area contributed by atoms with Crippen molar-refractivity contribution in [3.63, 3.8) is 0 Å². The third kappa shape index (κ3) is 1.41. The molecule has 0 aliphatic rings. The topological polar surface area (TPSA) is 13.1 Å². The van der Waals surface area contributed by atoms with Crippen molar-refractivity contribution in [2.24, 2.45) is 0 Å². The minimum Gasteiger partial charge on any atom is -0.449 e. The predicted octanol–water partition coefficient (Wildman–Crippen LogP) is 4.61. The van der Waals surface area contributed by atoms with Crippen molar-refractivity contribution in [1.82, 2.24) is 0 Å². The second kappa shape index (κ2) is 3.05. The Morgan fingerprint density at radius 1 is 1.17 bits per heavy atom. The summed E-state index contributed by atoms with van der Waals surface area (Å²) >= 11 is 12.5. The molecule has 0 bridgehead atoms. The van der Waals surface area contributed by atoms with E-state index in [2.05, 4.69) is 31.9 Å². The van der Waals surface area contributed by atoms with Gasteiger partial charge in [-0.25, -0.2) is 0 Å². The van der Waals surface area contributed by atoms with Crippen LogP contribution in [-0.2, 0) is 0 Å². The smallest absolute Gasteiger partial charge is 0.170 e. The average molecular weight is 310 g/mol. The van der Waals surface area contributed by atoms with E-state index in [1.54, 1.807) is 6.07 Å². The summed E-state index contributed by atoms with van der Waals surface area (Å²) in [6.07, 6.45) is 0. The first-order valence-corrected chi connectivity index (χ1v) is 5.17. The molecule has 4 heteroatoms. The van der Waals surface area contributed by atoms with Crippen molar-refractivity contribution in [3.05, 3.63) is 32.4 Å². The molecule has 2 rings (SSSR count). The van der Waals surface area contributed by atoms with Crippen LogP contribution in [0.5, 0.6) is 0 Å². The van der Waals surface area contributed by atoms with Crippen molar-refractivity contribution in [3.8, 4) is 0 Å². The van der Waals surface area contributed by atoms with Gasteiger partial charge in [-0.2, -0.15) is 0 Å². The second-order valence-corrected chi connectivity index (χ2v) is 4.42. The molecule has 1 nitrogen and oxygen atoms in total. The lowest BCUT2D eigenvalue weighted by atomic mass is 10.3. The van der Waals surface area contributed by atoms with Gasteiger partial charge in [-0.1, -0.05) is 11.6 Å². The SMILES string of the molecule is Clc1cc(Br)c2cc(Br)oc2c1. The van der Waals surface area contributed by atoms with Gasteiger partial charge >= 0.3 is 0 Å². The highest BCUT2D eigenvalue weighted by Gasteiger charge is 2.05. The predicted molar refractivity (Wildman–Crippen MR) is 56.6 cm³/mol. The largest absolute Gasteiger partial charge is 0.449 e. The third-order valence-corrected chi connectivity index (χ3v) is 2.79. The molecular weight excluding hydrogens is 307 g/mol. The summed E-state index contributed by atoms with van der Waals surface area (Å²) in [7, 11) is 0. The molecule has 1 heterocycles. The van der Waals surface area contributed by atoms with E-state index in [9.17, 15) is 0 Å². The minimum absolute atomic E-state index is 0.663. The molecule has 0 spiro atoms. The molecule has 62 valence electrons. The van der Waals surface area contributed by atoms with E-state index in [1.807, 2.05) is 12.1 Å². The highest BCUT2D eigenvalue weighted by Crippen LogP contribution is 2.32. The van der Waals surface area contributed by atoms with Crippen LogP contribution in [0.2, 0.25) is 5.02 Å². The normalized spacial score (nSPS) is 10.9. The van der Waals surface area contributed by atoms with Crippen LogP contribution in [0, 0.1) is 0 Å². The molecule has 0 fully saturated rings. The molecule has 0 radical (unpaired) electrons. The Balaban J connectivity index is 2.88. The van der Waals surface area contributed by atoms with E-state index in [4.69, 9.17) is 16.0 Å². The lowest BCUT2D eigenvalue weighted by Gasteiger charge is -1.92. The average Bonchev–Trinajstić information content (AvgIpc) is 2.29. The van der Waals surface area contributed by atoms with Crippen molar-refractivity contribution < 1.29 is 4.42 Å². The van der Waals surface area contributed by atoms with Gasteiger partial charge in [0.05, 0.1) is 0 Å². The molecule has 0 aliphatic carbocycles. The van der Waals surface area contributed by atoms with E-state index in [-0.39, 0.29) is 0 Å². The first-order chi connectivity index (χ1) is 5.66. The highest BCUT2D eigenvalue weighted by atomic mass is 79.9. The van der Waals surface area contributed by atoms with Crippen LogP contribution in [0.15, 0.2) is 31.8 Å². The van der Waals surface area contributed by atoms with E-state index in [0.29, 0.717) is 9.69 Å². The highest BCUT2D eigenvalue weighted by molar-refractivity contribution is 9.11. The molecule has 2 aromatic rings. The maximum Gasteiger partial charge on any atom is 0.170 e. The Bertz CT molecular complexity index is 436. The Labute approximate surface area is 90.9 Å². The summed E-state index contributed by atoms with van der Waals surface area (Å²) in [5.41, 5.74) is 0.779. The van der Waals surface area contributed by atoms with Gasteiger partial charge < -0.3 is 4.42 Å². The molecule has 0 saturated carbocycles. The van der Waals surface area contributed by atoms with Crippen LogP contribution < -0.4 is 0 Å². The minimum atomic E-state index is 0.663. The Hall–Kier alpha value is 0.01000. The summed E-state index contributed by atoms with van der Waals surface area (Å²) in [6.45, 7) is 0.